The molecule has 0 aliphatic rings. The third-order valence-corrected chi connectivity index (χ3v) is 6.15. The second kappa shape index (κ2) is 12.4. The van der Waals surface area contributed by atoms with Crippen molar-refractivity contribution in [2.75, 3.05) is 12.4 Å². The molecule has 220 valence electrons. The molecule has 1 aromatic heterocycles. The molecular formula is C26H27F3N4O7S. The highest BCUT2D eigenvalue weighted by molar-refractivity contribution is 7.88. The number of alkyl halides is 3. The Balaban J connectivity index is 2.10. The second-order valence-corrected chi connectivity index (χ2v) is 11.1. The summed E-state index contributed by atoms with van der Waals surface area (Å²) in [5, 5.41) is 12.6. The first kappa shape index (κ1) is 31.1. The topological polar surface area (TPSA) is 146 Å². The predicted octanol–water partition coefficient (Wildman–Crippen LogP) is 5.36. The van der Waals surface area contributed by atoms with Gasteiger partial charge in [0, 0.05) is 11.3 Å². The fourth-order valence-corrected chi connectivity index (χ4v) is 3.84. The van der Waals surface area contributed by atoms with Gasteiger partial charge in [0.25, 0.3) is 5.88 Å². The van der Waals surface area contributed by atoms with Crippen LogP contribution in [0.4, 0.5) is 28.4 Å². The number of hydrogen-bond acceptors (Lipinski definition) is 9. The predicted molar refractivity (Wildman–Crippen MR) is 141 cm³/mol. The highest BCUT2D eigenvalue weighted by Gasteiger charge is 2.49. The number of aromatic nitrogens is 2. The van der Waals surface area contributed by atoms with Gasteiger partial charge in [-0.25, -0.2) is 9.59 Å². The van der Waals surface area contributed by atoms with E-state index >= 15 is 0 Å². The maximum Gasteiger partial charge on any atom is 0.534 e. The fraction of sp³-hybridized carbons (Fsp3) is 0.308. The number of rotatable bonds is 8. The van der Waals surface area contributed by atoms with E-state index in [2.05, 4.69) is 29.8 Å². The summed E-state index contributed by atoms with van der Waals surface area (Å²) in [7, 11) is -4.93. The number of alkyl carbamates (subject to hydrolysis) is 1. The molecule has 0 aliphatic heterocycles. The Kier molecular flexibility index (Phi) is 9.42. The van der Waals surface area contributed by atoms with Crippen molar-refractivity contribution in [3.8, 4) is 17.0 Å². The number of nitrogens with zero attached hydrogens (tertiary/aromatic N) is 2. The lowest BCUT2D eigenvalue weighted by molar-refractivity contribution is -0.0501. The molecule has 2 aromatic carbocycles. The highest BCUT2D eigenvalue weighted by Crippen LogP contribution is 2.35. The van der Waals surface area contributed by atoms with Gasteiger partial charge in [0.1, 0.15) is 5.60 Å². The molecule has 0 aliphatic carbocycles. The Morgan fingerprint density at radius 1 is 0.951 bits per heavy atom. The molecule has 3 aromatic rings. The number of nitrogens with one attached hydrogen (secondary N) is 2. The van der Waals surface area contributed by atoms with E-state index in [-0.39, 0.29) is 28.9 Å². The van der Waals surface area contributed by atoms with Crippen LogP contribution in [0.25, 0.3) is 11.1 Å². The minimum Gasteiger partial charge on any atom is -0.453 e. The van der Waals surface area contributed by atoms with Crippen molar-refractivity contribution in [1.82, 2.24) is 15.5 Å². The quantitative estimate of drug-likeness (QED) is 0.259. The summed E-state index contributed by atoms with van der Waals surface area (Å²) in [6.07, 6.45) is -1.38. The van der Waals surface area contributed by atoms with Gasteiger partial charge in [-0.2, -0.15) is 21.6 Å². The first-order chi connectivity index (χ1) is 19.1. The molecule has 0 fully saturated rings. The van der Waals surface area contributed by atoms with E-state index in [0.717, 1.165) is 12.7 Å². The molecule has 0 spiro atoms. The summed E-state index contributed by atoms with van der Waals surface area (Å²) in [6, 6.07) is 14.8. The maximum atomic E-state index is 13.1. The number of ether oxygens (including phenoxy) is 2. The van der Waals surface area contributed by atoms with Gasteiger partial charge >= 0.3 is 27.8 Å². The summed E-state index contributed by atoms with van der Waals surface area (Å²) < 4.78 is 77.2. The molecule has 0 saturated heterocycles. The molecule has 0 saturated carbocycles. The number of amides is 2. The lowest BCUT2D eigenvalue weighted by atomic mass is 10.00. The van der Waals surface area contributed by atoms with Crippen LogP contribution < -0.4 is 14.8 Å². The first-order valence-corrected chi connectivity index (χ1v) is 13.4. The van der Waals surface area contributed by atoms with Gasteiger partial charge in [-0.05, 0) is 56.5 Å². The number of halogens is 3. The minimum atomic E-state index is -6.10. The van der Waals surface area contributed by atoms with Crippen molar-refractivity contribution in [3.05, 3.63) is 71.9 Å². The Morgan fingerprint density at radius 2 is 1.59 bits per heavy atom. The standard InChI is InChI=1S/C26H27F3N4O7S/c1-25(2,3)39-24(35)31-20(14-16-8-6-5-7-9-16)21-15-19(17-10-12-18(13-11-17)30-23(34)38-4)22(33-32-21)40-41(36,37)26(27,28)29/h5-13,15,20H,14H2,1-4H3,(H,30,34)(H,31,35)/t20-/m0/s1. The third-order valence-electron chi connectivity index (χ3n) is 5.21. The molecule has 15 heteroatoms. The molecule has 1 atom stereocenters. The normalized spacial score (nSPS) is 12.7. The summed E-state index contributed by atoms with van der Waals surface area (Å²) in [5.74, 6) is -0.949. The van der Waals surface area contributed by atoms with Gasteiger partial charge in [0.15, 0.2) is 0 Å². The van der Waals surface area contributed by atoms with E-state index in [0.29, 0.717) is 0 Å². The molecule has 0 radical (unpaired) electrons. The fourth-order valence-electron chi connectivity index (χ4n) is 3.42. The molecule has 2 amide bonds. The van der Waals surface area contributed by atoms with Crippen LogP contribution in [-0.4, -0.2) is 49.0 Å². The van der Waals surface area contributed by atoms with Gasteiger partial charge in [-0.15, -0.1) is 10.2 Å². The summed E-state index contributed by atoms with van der Waals surface area (Å²) in [5.41, 5.74) is -5.45. The largest absolute Gasteiger partial charge is 0.534 e. The molecule has 0 unspecified atom stereocenters. The average molecular weight is 597 g/mol. The van der Waals surface area contributed by atoms with E-state index in [1.54, 1.807) is 51.1 Å². The lowest BCUT2D eigenvalue weighted by Crippen LogP contribution is -2.36. The van der Waals surface area contributed by atoms with Crippen molar-refractivity contribution in [2.45, 2.75) is 44.3 Å². The summed E-state index contributed by atoms with van der Waals surface area (Å²) in [6.45, 7) is 5.01. The minimum absolute atomic E-state index is 0.0724. The zero-order valence-electron chi connectivity index (χ0n) is 22.4. The van der Waals surface area contributed by atoms with Crippen LogP contribution in [-0.2, 0) is 26.0 Å². The number of carbonyl (C=O) groups is 2. The van der Waals surface area contributed by atoms with Crippen molar-refractivity contribution < 1.29 is 44.8 Å². The number of methoxy groups -OCH3 is 1. The number of anilines is 1. The smallest absolute Gasteiger partial charge is 0.453 e. The van der Waals surface area contributed by atoms with Gasteiger partial charge in [-0.1, -0.05) is 42.5 Å². The molecule has 11 nitrogen and oxygen atoms in total. The number of carbonyl (C=O) groups excluding carboxylic acids is 2. The Hall–Kier alpha value is -4.40. The monoisotopic (exact) mass is 596 g/mol. The third kappa shape index (κ3) is 8.79. The highest BCUT2D eigenvalue weighted by atomic mass is 32.2. The summed E-state index contributed by atoms with van der Waals surface area (Å²) in [4.78, 5) is 24.1. The van der Waals surface area contributed by atoms with E-state index in [4.69, 9.17) is 4.74 Å². The van der Waals surface area contributed by atoms with E-state index in [1.807, 2.05) is 0 Å². The molecule has 41 heavy (non-hydrogen) atoms. The van der Waals surface area contributed by atoms with Gasteiger partial charge in [0.05, 0.1) is 18.8 Å². The van der Waals surface area contributed by atoms with Crippen LogP contribution >= 0.6 is 0 Å². The first-order valence-electron chi connectivity index (χ1n) is 11.9. The van der Waals surface area contributed by atoms with Crippen molar-refractivity contribution in [3.63, 3.8) is 0 Å². The van der Waals surface area contributed by atoms with Crippen LogP contribution in [0.5, 0.6) is 5.88 Å². The van der Waals surface area contributed by atoms with Crippen LogP contribution in [0.3, 0.4) is 0 Å². The van der Waals surface area contributed by atoms with Crippen LogP contribution in [0, 0.1) is 0 Å². The molecule has 0 bridgehead atoms. The zero-order chi connectivity index (χ0) is 30.4. The molecule has 3 rings (SSSR count). The van der Waals surface area contributed by atoms with E-state index < -0.39 is 45.3 Å². The van der Waals surface area contributed by atoms with E-state index in [9.17, 15) is 31.2 Å². The van der Waals surface area contributed by atoms with Crippen molar-refractivity contribution in [1.29, 1.82) is 0 Å². The lowest BCUT2D eigenvalue weighted by Gasteiger charge is -2.24. The van der Waals surface area contributed by atoms with Gasteiger partial charge in [0.2, 0.25) is 0 Å². The van der Waals surface area contributed by atoms with Crippen molar-refractivity contribution in [2.24, 2.45) is 0 Å². The number of hydrogen-bond donors (Lipinski definition) is 2. The Bertz CT molecular complexity index is 1480. The average Bonchev–Trinajstić information content (AvgIpc) is 2.87. The van der Waals surface area contributed by atoms with Crippen molar-refractivity contribution >= 4 is 28.0 Å². The molecule has 2 N–H and O–H groups in total. The summed E-state index contributed by atoms with van der Waals surface area (Å²) >= 11 is 0. The Morgan fingerprint density at radius 3 is 2.15 bits per heavy atom. The second-order valence-electron chi connectivity index (χ2n) is 9.55. The maximum absolute atomic E-state index is 13.1. The molecular weight excluding hydrogens is 569 g/mol. The van der Waals surface area contributed by atoms with Gasteiger partial charge in [-0.3, -0.25) is 5.32 Å². The Labute approximate surface area is 234 Å². The number of benzene rings is 2. The zero-order valence-corrected chi connectivity index (χ0v) is 23.2. The van der Waals surface area contributed by atoms with E-state index in [1.165, 1.54) is 30.3 Å². The van der Waals surface area contributed by atoms with Crippen LogP contribution in [0.15, 0.2) is 60.7 Å². The molecule has 1 heterocycles. The van der Waals surface area contributed by atoms with Gasteiger partial charge < -0.3 is 19.0 Å². The SMILES string of the molecule is COC(=O)Nc1ccc(-c2cc([C@H](Cc3ccccc3)NC(=O)OC(C)(C)C)nnc2OS(=O)(=O)C(F)(F)F)cc1. The van der Waals surface area contributed by atoms with Crippen LogP contribution in [0.1, 0.15) is 38.1 Å². The van der Waals surface area contributed by atoms with Crippen LogP contribution in [0.2, 0.25) is 0 Å².